The van der Waals surface area contributed by atoms with Crippen molar-refractivity contribution in [3.63, 3.8) is 0 Å². The van der Waals surface area contributed by atoms with E-state index < -0.39 is 6.10 Å². The SMILES string of the molecule is Cc1ccc(CCC(C)NCC(O)c2ccc(O)c(NC=O)c2)cc1. The predicted molar refractivity (Wildman–Crippen MR) is 99.7 cm³/mol. The van der Waals surface area contributed by atoms with Gasteiger partial charge in [-0.2, -0.15) is 0 Å². The van der Waals surface area contributed by atoms with Crippen molar-refractivity contribution in [2.24, 2.45) is 0 Å². The van der Waals surface area contributed by atoms with Gasteiger partial charge in [0, 0.05) is 12.6 Å². The van der Waals surface area contributed by atoms with Gasteiger partial charge in [0.1, 0.15) is 5.75 Å². The Morgan fingerprint density at radius 3 is 2.56 bits per heavy atom. The fraction of sp³-hybridized carbons (Fsp3) is 0.350. The maximum absolute atomic E-state index is 10.5. The van der Waals surface area contributed by atoms with E-state index in [1.54, 1.807) is 12.1 Å². The largest absolute Gasteiger partial charge is 0.506 e. The van der Waals surface area contributed by atoms with Crippen LogP contribution in [0.25, 0.3) is 0 Å². The molecule has 25 heavy (non-hydrogen) atoms. The standard InChI is InChI=1S/C20H26N2O3/c1-14-3-6-16(7-4-14)8-5-15(2)21-12-20(25)17-9-10-19(24)18(11-17)22-13-23/h3-4,6-7,9-11,13,15,20-21,24-25H,5,8,12H2,1-2H3,(H,22,23). The molecule has 1 amide bonds. The number of hydrogen-bond acceptors (Lipinski definition) is 4. The molecule has 0 bridgehead atoms. The van der Waals surface area contributed by atoms with E-state index in [0.29, 0.717) is 24.2 Å². The molecule has 0 aliphatic heterocycles. The lowest BCUT2D eigenvalue weighted by atomic mass is 10.0. The van der Waals surface area contributed by atoms with Gasteiger partial charge in [0.2, 0.25) is 6.41 Å². The lowest BCUT2D eigenvalue weighted by Gasteiger charge is -2.18. The van der Waals surface area contributed by atoms with Crippen molar-refractivity contribution in [2.75, 3.05) is 11.9 Å². The highest BCUT2D eigenvalue weighted by Gasteiger charge is 2.12. The van der Waals surface area contributed by atoms with Gasteiger partial charge in [-0.25, -0.2) is 0 Å². The van der Waals surface area contributed by atoms with E-state index in [9.17, 15) is 15.0 Å². The molecule has 0 saturated heterocycles. The molecule has 0 heterocycles. The zero-order chi connectivity index (χ0) is 18.2. The third-order valence-electron chi connectivity index (χ3n) is 4.27. The topological polar surface area (TPSA) is 81.6 Å². The number of phenolic OH excluding ortho intramolecular Hbond substituents is 1. The second-order valence-corrected chi connectivity index (χ2v) is 6.39. The predicted octanol–water partition coefficient (Wildman–Crippen LogP) is 2.91. The Labute approximate surface area is 148 Å². The van der Waals surface area contributed by atoms with Gasteiger partial charge in [-0.15, -0.1) is 0 Å². The van der Waals surface area contributed by atoms with Crippen LogP contribution in [-0.2, 0) is 11.2 Å². The highest BCUT2D eigenvalue weighted by Crippen LogP contribution is 2.26. The summed E-state index contributed by atoms with van der Waals surface area (Å²) in [7, 11) is 0. The lowest BCUT2D eigenvalue weighted by Crippen LogP contribution is -2.30. The van der Waals surface area contributed by atoms with Crippen molar-refractivity contribution in [3.05, 3.63) is 59.2 Å². The number of benzene rings is 2. The first-order valence-electron chi connectivity index (χ1n) is 8.49. The van der Waals surface area contributed by atoms with Gasteiger partial charge in [0.15, 0.2) is 0 Å². The Hall–Kier alpha value is -2.37. The number of carbonyl (C=O) groups excluding carboxylic acids is 1. The van der Waals surface area contributed by atoms with Gasteiger partial charge < -0.3 is 20.8 Å². The van der Waals surface area contributed by atoms with Crippen LogP contribution in [-0.4, -0.2) is 29.2 Å². The molecule has 4 N–H and O–H groups in total. The number of aliphatic hydroxyl groups is 1. The van der Waals surface area contributed by atoms with Crippen LogP contribution in [0.1, 0.15) is 36.1 Å². The number of hydrogen-bond donors (Lipinski definition) is 4. The van der Waals surface area contributed by atoms with E-state index in [1.165, 1.54) is 17.2 Å². The Morgan fingerprint density at radius 1 is 1.16 bits per heavy atom. The first kappa shape index (κ1) is 19.0. The van der Waals surface area contributed by atoms with E-state index >= 15 is 0 Å². The molecule has 0 aliphatic rings. The summed E-state index contributed by atoms with van der Waals surface area (Å²) >= 11 is 0. The van der Waals surface area contributed by atoms with Gasteiger partial charge in [-0.3, -0.25) is 4.79 Å². The first-order valence-corrected chi connectivity index (χ1v) is 8.49. The second kappa shape index (κ2) is 9.20. The minimum absolute atomic E-state index is 0.0255. The maximum Gasteiger partial charge on any atom is 0.211 e. The van der Waals surface area contributed by atoms with Gasteiger partial charge in [0.05, 0.1) is 11.8 Å². The van der Waals surface area contributed by atoms with E-state index in [4.69, 9.17) is 0 Å². The van der Waals surface area contributed by atoms with Gasteiger partial charge >= 0.3 is 0 Å². The van der Waals surface area contributed by atoms with Crippen molar-refractivity contribution in [1.29, 1.82) is 0 Å². The maximum atomic E-state index is 10.5. The van der Waals surface area contributed by atoms with Crippen molar-refractivity contribution in [3.8, 4) is 5.75 Å². The molecule has 0 aromatic heterocycles. The van der Waals surface area contributed by atoms with Gasteiger partial charge in [-0.1, -0.05) is 35.9 Å². The molecule has 2 aromatic carbocycles. The number of phenols is 1. The average Bonchev–Trinajstić information content (AvgIpc) is 2.61. The van der Waals surface area contributed by atoms with E-state index in [-0.39, 0.29) is 11.8 Å². The molecule has 0 saturated carbocycles. The van der Waals surface area contributed by atoms with Gasteiger partial charge in [0.25, 0.3) is 0 Å². The van der Waals surface area contributed by atoms with Crippen molar-refractivity contribution in [2.45, 2.75) is 38.8 Å². The molecule has 0 aliphatic carbocycles. The third-order valence-corrected chi connectivity index (χ3v) is 4.27. The van der Waals surface area contributed by atoms with E-state index in [0.717, 1.165) is 12.8 Å². The van der Waals surface area contributed by atoms with Crippen LogP contribution < -0.4 is 10.6 Å². The molecule has 2 unspecified atom stereocenters. The number of rotatable bonds is 9. The molecule has 2 aromatic rings. The number of amides is 1. The van der Waals surface area contributed by atoms with Crippen molar-refractivity contribution >= 4 is 12.1 Å². The number of anilines is 1. The molecular weight excluding hydrogens is 316 g/mol. The minimum Gasteiger partial charge on any atom is -0.506 e. The first-order chi connectivity index (χ1) is 12.0. The summed E-state index contributed by atoms with van der Waals surface area (Å²) in [5.41, 5.74) is 3.50. The van der Waals surface area contributed by atoms with Gasteiger partial charge in [-0.05, 0) is 49.9 Å². The molecule has 134 valence electrons. The van der Waals surface area contributed by atoms with Crippen LogP contribution in [0.5, 0.6) is 5.75 Å². The molecule has 2 atom stereocenters. The zero-order valence-electron chi connectivity index (χ0n) is 14.7. The number of aromatic hydroxyl groups is 1. The van der Waals surface area contributed by atoms with Crippen LogP contribution in [0.2, 0.25) is 0 Å². The fourth-order valence-electron chi connectivity index (χ4n) is 2.61. The smallest absolute Gasteiger partial charge is 0.211 e. The Balaban J connectivity index is 1.82. The molecule has 2 rings (SSSR count). The van der Waals surface area contributed by atoms with E-state index in [2.05, 4.69) is 48.7 Å². The zero-order valence-corrected chi connectivity index (χ0v) is 14.7. The Kier molecular flexibility index (Phi) is 6.98. The van der Waals surface area contributed by atoms with E-state index in [1.807, 2.05) is 0 Å². The summed E-state index contributed by atoms with van der Waals surface area (Å²) < 4.78 is 0. The summed E-state index contributed by atoms with van der Waals surface area (Å²) in [4.78, 5) is 10.5. The fourth-order valence-corrected chi connectivity index (χ4v) is 2.61. The van der Waals surface area contributed by atoms with Crippen molar-refractivity contribution < 1.29 is 15.0 Å². The number of aliphatic hydroxyl groups excluding tert-OH is 1. The third kappa shape index (κ3) is 5.89. The molecule has 0 radical (unpaired) electrons. The molecule has 5 nitrogen and oxygen atoms in total. The highest BCUT2D eigenvalue weighted by atomic mass is 16.3. The number of aryl methyl sites for hydroxylation is 2. The normalized spacial score (nSPS) is 13.2. The Bertz CT molecular complexity index is 686. The number of nitrogens with one attached hydrogen (secondary N) is 2. The van der Waals surface area contributed by atoms with Crippen molar-refractivity contribution in [1.82, 2.24) is 5.32 Å². The van der Waals surface area contributed by atoms with Crippen LogP contribution >= 0.6 is 0 Å². The molecule has 0 spiro atoms. The minimum atomic E-state index is -0.713. The van der Waals surface area contributed by atoms with Crippen LogP contribution in [0.3, 0.4) is 0 Å². The molecule has 5 heteroatoms. The highest BCUT2D eigenvalue weighted by molar-refractivity contribution is 5.75. The monoisotopic (exact) mass is 342 g/mol. The number of carbonyl (C=O) groups is 1. The Morgan fingerprint density at radius 2 is 1.88 bits per heavy atom. The summed E-state index contributed by atoms with van der Waals surface area (Å²) in [6.45, 7) is 4.58. The van der Waals surface area contributed by atoms with Crippen LogP contribution in [0.4, 0.5) is 5.69 Å². The van der Waals surface area contributed by atoms with Crippen LogP contribution in [0.15, 0.2) is 42.5 Å². The lowest BCUT2D eigenvalue weighted by molar-refractivity contribution is -0.105. The molecular formula is C20H26N2O3. The quantitative estimate of drug-likeness (QED) is 0.417. The summed E-state index contributed by atoms with van der Waals surface area (Å²) in [6.07, 6.45) is 1.74. The average molecular weight is 342 g/mol. The molecule has 0 fully saturated rings. The second-order valence-electron chi connectivity index (χ2n) is 6.39. The summed E-state index contributed by atoms with van der Waals surface area (Å²) in [5, 5.41) is 25.7. The van der Waals surface area contributed by atoms with Crippen LogP contribution in [0, 0.1) is 6.92 Å². The summed E-state index contributed by atoms with van der Waals surface area (Å²) in [6, 6.07) is 13.5. The summed E-state index contributed by atoms with van der Waals surface area (Å²) in [5.74, 6) is -0.0255.